The van der Waals surface area contributed by atoms with Gasteiger partial charge in [-0.3, -0.25) is 0 Å². The Morgan fingerprint density at radius 3 is 2.70 bits per heavy atom. The lowest BCUT2D eigenvalue weighted by atomic mass is 10.2. The molecule has 0 amide bonds. The minimum absolute atomic E-state index is 1.08. The Balaban J connectivity index is 2.98. The molecule has 0 radical (unpaired) electrons. The molecule has 0 aliphatic carbocycles. The summed E-state index contributed by atoms with van der Waals surface area (Å²) >= 11 is 0. The molecule has 52 valence electrons. The molecule has 0 aliphatic rings. The van der Waals surface area contributed by atoms with Crippen molar-refractivity contribution in [1.29, 1.82) is 0 Å². The second-order valence-corrected chi connectivity index (χ2v) is 2.31. The van der Waals surface area contributed by atoms with Crippen LogP contribution in [0.15, 0.2) is 31.6 Å². The normalized spacial score (nSPS) is 9.30. The average Bonchev–Trinajstić information content (AvgIpc) is 2.34. The fourth-order valence-electron chi connectivity index (χ4n) is 0.779. The molecule has 1 heteroatoms. The summed E-state index contributed by atoms with van der Waals surface area (Å²) in [5.41, 5.74) is 2.25. The molecule has 0 spiro atoms. The van der Waals surface area contributed by atoms with Gasteiger partial charge in [-0.1, -0.05) is 13.2 Å². The third-order valence-electron chi connectivity index (χ3n) is 1.42. The van der Waals surface area contributed by atoms with Gasteiger partial charge in [0.15, 0.2) is 0 Å². The van der Waals surface area contributed by atoms with E-state index in [4.69, 9.17) is 0 Å². The second-order valence-electron chi connectivity index (χ2n) is 2.31. The molecule has 0 N–H and O–H groups in total. The molecule has 1 aromatic heterocycles. The molecule has 0 saturated heterocycles. The van der Waals surface area contributed by atoms with Gasteiger partial charge in [0, 0.05) is 18.6 Å². The van der Waals surface area contributed by atoms with Crippen LogP contribution in [-0.4, -0.2) is 4.57 Å². The van der Waals surface area contributed by atoms with Crippen molar-refractivity contribution in [1.82, 2.24) is 4.57 Å². The predicted molar refractivity (Wildman–Crippen MR) is 45.5 cm³/mol. The summed E-state index contributed by atoms with van der Waals surface area (Å²) in [5.74, 6) is 0. The van der Waals surface area contributed by atoms with Crippen molar-refractivity contribution in [2.24, 2.45) is 0 Å². The van der Waals surface area contributed by atoms with Crippen molar-refractivity contribution >= 4 is 11.8 Å². The molecule has 0 aliphatic heterocycles. The van der Waals surface area contributed by atoms with Crippen LogP contribution in [0.5, 0.6) is 0 Å². The third kappa shape index (κ3) is 1.18. The summed E-state index contributed by atoms with van der Waals surface area (Å²) < 4.78 is 1.91. The van der Waals surface area contributed by atoms with E-state index in [2.05, 4.69) is 13.2 Å². The first-order valence-electron chi connectivity index (χ1n) is 3.20. The van der Waals surface area contributed by atoms with Gasteiger partial charge in [-0.25, -0.2) is 0 Å². The number of hydrogen-bond acceptors (Lipinski definition) is 0. The number of rotatable bonds is 2. The average molecular weight is 133 g/mol. The molecule has 0 bridgehead atoms. The molecule has 0 atom stereocenters. The quantitative estimate of drug-likeness (QED) is 0.584. The van der Waals surface area contributed by atoms with Crippen molar-refractivity contribution < 1.29 is 0 Å². The standard InChI is InChI=1S/C9H11N/c1-4-10-6-5-9(7-10)8(2)3/h4-7H,1-2H2,3H3. The van der Waals surface area contributed by atoms with Crippen LogP contribution in [0, 0.1) is 0 Å². The molecule has 1 nitrogen and oxygen atoms in total. The van der Waals surface area contributed by atoms with Crippen LogP contribution < -0.4 is 0 Å². The van der Waals surface area contributed by atoms with Crippen LogP contribution in [0.2, 0.25) is 0 Å². The van der Waals surface area contributed by atoms with E-state index in [9.17, 15) is 0 Å². The minimum atomic E-state index is 1.08. The molecule has 1 heterocycles. The Morgan fingerprint density at radius 1 is 1.70 bits per heavy atom. The Hall–Kier alpha value is -1.24. The topological polar surface area (TPSA) is 4.93 Å². The summed E-state index contributed by atoms with van der Waals surface area (Å²) in [4.78, 5) is 0. The summed E-state index contributed by atoms with van der Waals surface area (Å²) in [6.07, 6.45) is 5.71. The van der Waals surface area contributed by atoms with Crippen LogP contribution >= 0.6 is 0 Å². The van der Waals surface area contributed by atoms with Gasteiger partial charge in [0.05, 0.1) is 0 Å². The first kappa shape index (κ1) is 6.87. The molecule has 1 aromatic rings. The lowest BCUT2D eigenvalue weighted by molar-refractivity contribution is 1.17. The summed E-state index contributed by atoms with van der Waals surface area (Å²) in [6, 6.07) is 2.02. The maximum Gasteiger partial charge on any atom is 0.0157 e. The summed E-state index contributed by atoms with van der Waals surface area (Å²) in [5, 5.41) is 0. The van der Waals surface area contributed by atoms with Crippen molar-refractivity contribution in [3.8, 4) is 0 Å². The zero-order valence-electron chi connectivity index (χ0n) is 6.17. The highest BCUT2D eigenvalue weighted by molar-refractivity contribution is 5.61. The van der Waals surface area contributed by atoms with Gasteiger partial charge >= 0.3 is 0 Å². The van der Waals surface area contributed by atoms with Crippen molar-refractivity contribution in [2.75, 3.05) is 0 Å². The molecular weight excluding hydrogens is 122 g/mol. The van der Waals surface area contributed by atoms with Crippen LogP contribution in [-0.2, 0) is 0 Å². The highest BCUT2D eigenvalue weighted by Crippen LogP contribution is 2.10. The first-order valence-corrected chi connectivity index (χ1v) is 3.20. The lowest BCUT2D eigenvalue weighted by Crippen LogP contribution is -1.76. The summed E-state index contributed by atoms with van der Waals surface area (Å²) in [6.45, 7) is 9.45. The highest BCUT2D eigenvalue weighted by atomic mass is 14.9. The van der Waals surface area contributed by atoms with E-state index in [-0.39, 0.29) is 0 Å². The molecular formula is C9H11N. The van der Waals surface area contributed by atoms with Crippen molar-refractivity contribution in [2.45, 2.75) is 6.92 Å². The summed E-state index contributed by atoms with van der Waals surface area (Å²) in [7, 11) is 0. The molecule has 0 unspecified atom stereocenters. The Morgan fingerprint density at radius 2 is 2.40 bits per heavy atom. The van der Waals surface area contributed by atoms with E-state index in [1.165, 1.54) is 5.56 Å². The van der Waals surface area contributed by atoms with E-state index < -0.39 is 0 Å². The molecule has 1 rings (SSSR count). The van der Waals surface area contributed by atoms with Gasteiger partial charge in [0.25, 0.3) is 0 Å². The van der Waals surface area contributed by atoms with Crippen LogP contribution in [0.4, 0.5) is 0 Å². The van der Waals surface area contributed by atoms with Gasteiger partial charge in [0.2, 0.25) is 0 Å². The predicted octanol–water partition coefficient (Wildman–Crippen LogP) is 2.62. The smallest absolute Gasteiger partial charge is 0.0157 e. The highest BCUT2D eigenvalue weighted by Gasteiger charge is 1.92. The van der Waals surface area contributed by atoms with Gasteiger partial charge in [-0.2, -0.15) is 0 Å². The Labute approximate surface area is 61.3 Å². The van der Waals surface area contributed by atoms with Gasteiger partial charge in [0.1, 0.15) is 0 Å². The van der Waals surface area contributed by atoms with E-state index in [1.54, 1.807) is 6.20 Å². The molecule has 0 aromatic carbocycles. The molecule has 0 fully saturated rings. The third-order valence-corrected chi connectivity index (χ3v) is 1.42. The minimum Gasteiger partial charge on any atom is -0.331 e. The van der Waals surface area contributed by atoms with E-state index in [0.717, 1.165) is 5.57 Å². The molecule has 0 saturated carbocycles. The second kappa shape index (κ2) is 2.56. The lowest BCUT2D eigenvalue weighted by Gasteiger charge is -1.90. The van der Waals surface area contributed by atoms with Gasteiger partial charge in [-0.15, -0.1) is 0 Å². The van der Waals surface area contributed by atoms with Crippen molar-refractivity contribution in [3.63, 3.8) is 0 Å². The SMILES string of the molecule is C=Cn1ccc(C(=C)C)c1. The van der Waals surface area contributed by atoms with Crippen LogP contribution in [0.25, 0.3) is 11.8 Å². The number of allylic oxidation sites excluding steroid dienone is 1. The number of nitrogens with zero attached hydrogens (tertiary/aromatic N) is 1. The fraction of sp³-hybridized carbons (Fsp3) is 0.111. The first-order chi connectivity index (χ1) is 4.74. The maximum atomic E-state index is 3.83. The monoisotopic (exact) mass is 133 g/mol. The van der Waals surface area contributed by atoms with Crippen LogP contribution in [0.1, 0.15) is 12.5 Å². The Kier molecular flexibility index (Phi) is 1.76. The zero-order valence-corrected chi connectivity index (χ0v) is 6.17. The van der Waals surface area contributed by atoms with Gasteiger partial charge in [-0.05, 0) is 24.1 Å². The van der Waals surface area contributed by atoms with Crippen LogP contribution in [0.3, 0.4) is 0 Å². The fourth-order valence-corrected chi connectivity index (χ4v) is 0.779. The van der Waals surface area contributed by atoms with E-state index in [0.29, 0.717) is 0 Å². The molecule has 10 heavy (non-hydrogen) atoms. The van der Waals surface area contributed by atoms with Gasteiger partial charge < -0.3 is 4.57 Å². The largest absolute Gasteiger partial charge is 0.331 e. The number of hydrogen-bond donors (Lipinski definition) is 0. The number of aromatic nitrogens is 1. The van der Waals surface area contributed by atoms with E-state index >= 15 is 0 Å². The van der Waals surface area contributed by atoms with Crippen molar-refractivity contribution in [3.05, 3.63) is 37.2 Å². The zero-order chi connectivity index (χ0) is 7.56. The van der Waals surface area contributed by atoms with E-state index in [1.807, 2.05) is 30.0 Å². The Bertz CT molecular complexity index is 255. The maximum absolute atomic E-state index is 3.83.